The third-order valence-electron chi connectivity index (χ3n) is 6.55. The van der Waals surface area contributed by atoms with Gasteiger partial charge in [-0.1, -0.05) is 45.3 Å². The molecule has 0 spiro atoms. The normalized spacial score (nSPS) is 25.4. The maximum Gasteiger partial charge on any atom is 0.243 e. The van der Waals surface area contributed by atoms with E-state index >= 15 is 0 Å². The van der Waals surface area contributed by atoms with Crippen LogP contribution in [0.3, 0.4) is 0 Å². The van der Waals surface area contributed by atoms with Crippen molar-refractivity contribution in [3.63, 3.8) is 0 Å². The van der Waals surface area contributed by atoms with Gasteiger partial charge in [-0.25, -0.2) is 0 Å². The van der Waals surface area contributed by atoms with Crippen LogP contribution in [0.25, 0.3) is 0 Å². The van der Waals surface area contributed by atoms with E-state index in [9.17, 15) is 19.2 Å². The summed E-state index contributed by atoms with van der Waals surface area (Å²) in [5.74, 6) is -1.12. The minimum absolute atomic E-state index is 0.0594. The lowest BCUT2D eigenvalue weighted by atomic mass is 9.85. The molecular formula is C23H35N3O4. The maximum atomic E-state index is 12.9. The van der Waals surface area contributed by atoms with Crippen LogP contribution in [0.15, 0.2) is 12.2 Å². The second-order valence-electron chi connectivity index (χ2n) is 9.26. The third kappa shape index (κ3) is 5.10. The number of allylic oxidation sites excluding steroid dienone is 2. The number of carbonyl (C=O) groups excluding carboxylic acids is 4. The summed E-state index contributed by atoms with van der Waals surface area (Å²) in [6.45, 7) is 4.59. The fraction of sp³-hybridized carbons (Fsp3) is 0.739. The van der Waals surface area contributed by atoms with Crippen LogP contribution < -0.4 is 10.6 Å². The largest absolute Gasteiger partial charge is 0.354 e. The summed E-state index contributed by atoms with van der Waals surface area (Å²) >= 11 is 0. The number of carbonyl (C=O) groups is 4. The smallest absolute Gasteiger partial charge is 0.243 e. The van der Waals surface area contributed by atoms with Gasteiger partial charge in [0, 0.05) is 19.0 Å². The second-order valence-corrected chi connectivity index (χ2v) is 9.26. The van der Waals surface area contributed by atoms with Gasteiger partial charge < -0.3 is 10.6 Å². The van der Waals surface area contributed by atoms with E-state index in [1.807, 2.05) is 26.0 Å². The van der Waals surface area contributed by atoms with Gasteiger partial charge in [-0.05, 0) is 38.0 Å². The Labute approximate surface area is 179 Å². The summed E-state index contributed by atoms with van der Waals surface area (Å²) < 4.78 is 0. The molecule has 1 saturated carbocycles. The van der Waals surface area contributed by atoms with E-state index in [1.165, 1.54) is 11.3 Å². The average Bonchev–Trinajstić information content (AvgIpc) is 3.00. The van der Waals surface area contributed by atoms with Gasteiger partial charge in [-0.15, -0.1) is 0 Å². The predicted molar refractivity (Wildman–Crippen MR) is 113 cm³/mol. The molecule has 30 heavy (non-hydrogen) atoms. The van der Waals surface area contributed by atoms with Gasteiger partial charge in [0.15, 0.2) is 0 Å². The van der Waals surface area contributed by atoms with Crippen molar-refractivity contribution in [3.05, 3.63) is 12.2 Å². The number of amides is 4. The highest BCUT2D eigenvalue weighted by Crippen LogP contribution is 2.37. The first-order valence-corrected chi connectivity index (χ1v) is 11.5. The van der Waals surface area contributed by atoms with Crippen molar-refractivity contribution in [2.45, 2.75) is 71.3 Å². The van der Waals surface area contributed by atoms with E-state index in [4.69, 9.17) is 0 Å². The van der Waals surface area contributed by atoms with Gasteiger partial charge in [0.2, 0.25) is 23.6 Å². The van der Waals surface area contributed by atoms with Crippen LogP contribution in [-0.2, 0) is 19.2 Å². The van der Waals surface area contributed by atoms with E-state index < -0.39 is 6.04 Å². The molecule has 7 nitrogen and oxygen atoms in total. The van der Waals surface area contributed by atoms with Crippen LogP contribution in [0, 0.1) is 23.7 Å². The fourth-order valence-corrected chi connectivity index (χ4v) is 4.91. The Kier molecular flexibility index (Phi) is 7.67. The summed E-state index contributed by atoms with van der Waals surface area (Å²) in [5.41, 5.74) is 0. The molecule has 3 aliphatic rings. The number of likely N-dealkylation sites (tertiary alicyclic amines) is 1. The van der Waals surface area contributed by atoms with Crippen LogP contribution in [0.1, 0.15) is 65.2 Å². The molecule has 166 valence electrons. The lowest BCUT2D eigenvalue weighted by Gasteiger charge is -2.27. The number of nitrogens with one attached hydrogen (secondary N) is 2. The number of hydrogen-bond donors (Lipinski definition) is 2. The standard InChI is InChI=1S/C23H35N3O4/c1-15(2)14-19(26-22(29)17-10-6-7-11-18(17)23(26)30)21(28)25-13-12-24-20(27)16-8-4-3-5-9-16/h6-7,15-19H,3-5,8-14H2,1-2H3,(H,24,27)(H,25,28). The highest BCUT2D eigenvalue weighted by Gasteiger charge is 2.51. The zero-order valence-corrected chi connectivity index (χ0v) is 18.2. The first-order chi connectivity index (χ1) is 14.4. The molecule has 7 heteroatoms. The SMILES string of the molecule is CC(C)CC(C(=O)NCCNC(=O)C1CCCCC1)N1C(=O)C2CC=CCC2C1=O. The number of imide groups is 1. The summed E-state index contributed by atoms with van der Waals surface area (Å²) in [6, 6.07) is -0.787. The molecule has 3 unspecified atom stereocenters. The Balaban J connectivity index is 1.54. The molecule has 0 aromatic carbocycles. The molecular weight excluding hydrogens is 382 g/mol. The summed E-state index contributed by atoms with van der Waals surface area (Å²) in [7, 11) is 0. The molecule has 1 saturated heterocycles. The lowest BCUT2D eigenvalue weighted by Crippen LogP contribution is -2.51. The van der Waals surface area contributed by atoms with E-state index in [-0.39, 0.29) is 53.8 Å². The molecule has 1 heterocycles. The zero-order chi connectivity index (χ0) is 21.7. The predicted octanol–water partition coefficient (Wildman–Crippen LogP) is 2.16. The van der Waals surface area contributed by atoms with E-state index in [0.29, 0.717) is 25.8 Å². The molecule has 0 aromatic heterocycles. The Morgan fingerprint density at radius 3 is 2.10 bits per heavy atom. The van der Waals surface area contributed by atoms with Crippen LogP contribution in [0.5, 0.6) is 0 Å². The number of fused-ring (bicyclic) bond motifs is 1. The average molecular weight is 418 g/mol. The monoisotopic (exact) mass is 417 g/mol. The summed E-state index contributed by atoms with van der Waals surface area (Å²) in [6.07, 6.45) is 10.7. The molecule has 3 atom stereocenters. The molecule has 0 radical (unpaired) electrons. The van der Waals surface area contributed by atoms with Crippen molar-refractivity contribution in [2.24, 2.45) is 23.7 Å². The van der Waals surface area contributed by atoms with Crippen molar-refractivity contribution in [3.8, 4) is 0 Å². The molecule has 4 amide bonds. The maximum absolute atomic E-state index is 12.9. The molecule has 0 bridgehead atoms. The number of hydrogen-bond acceptors (Lipinski definition) is 4. The zero-order valence-electron chi connectivity index (χ0n) is 18.2. The Hall–Kier alpha value is -2.18. The van der Waals surface area contributed by atoms with Crippen LogP contribution in [-0.4, -0.2) is 47.7 Å². The van der Waals surface area contributed by atoms with E-state index in [0.717, 1.165) is 25.7 Å². The Bertz CT molecular complexity index is 671. The van der Waals surface area contributed by atoms with E-state index in [1.54, 1.807) is 0 Å². The van der Waals surface area contributed by atoms with Gasteiger partial charge >= 0.3 is 0 Å². The fourth-order valence-electron chi connectivity index (χ4n) is 4.91. The second kappa shape index (κ2) is 10.2. The molecule has 1 aliphatic heterocycles. The Morgan fingerprint density at radius 2 is 1.53 bits per heavy atom. The minimum atomic E-state index is -0.787. The van der Waals surface area contributed by atoms with Gasteiger partial charge in [0.25, 0.3) is 0 Å². The third-order valence-corrected chi connectivity index (χ3v) is 6.55. The van der Waals surface area contributed by atoms with Crippen molar-refractivity contribution >= 4 is 23.6 Å². The van der Waals surface area contributed by atoms with Gasteiger partial charge in [0.05, 0.1) is 11.8 Å². The van der Waals surface area contributed by atoms with Gasteiger partial charge in [-0.2, -0.15) is 0 Å². The van der Waals surface area contributed by atoms with Crippen LogP contribution in [0.2, 0.25) is 0 Å². The number of nitrogens with zero attached hydrogens (tertiary/aromatic N) is 1. The Morgan fingerprint density at radius 1 is 0.967 bits per heavy atom. The molecule has 2 aliphatic carbocycles. The lowest BCUT2D eigenvalue weighted by molar-refractivity contribution is -0.148. The van der Waals surface area contributed by atoms with Crippen molar-refractivity contribution < 1.29 is 19.2 Å². The van der Waals surface area contributed by atoms with Crippen LogP contribution >= 0.6 is 0 Å². The first-order valence-electron chi connectivity index (χ1n) is 11.5. The number of rotatable bonds is 8. The van der Waals surface area contributed by atoms with Crippen LogP contribution in [0.4, 0.5) is 0 Å². The summed E-state index contributed by atoms with van der Waals surface area (Å²) in [4.78, 5) is 52.2. The molecule has 3 rings (SSSR count). The van der Waals surface area contributed by atoms with Gasteiger partial charge in [0.1, 0.15) is 6.04 Å². The van der Waals surface area contributed by atoms with Crippen molar-refractivity contribution in [1.29, 1.82) is 0 Å². The highest BCUT2D eigenvalue weighted by atomic mass is 16.2. The summed E-state index contributed by atoms with van der Waals surface area (Å²) in [5, 5.41) is 5.74. The molecule has 0 aromatic rings. The van der Waals surface area contributed by atoms with Crippen molar-refractivity contribution in [2.75, 3.05) is 13.1 Å². The van der Waals surface area contributed by atoms with Gasteiger partial charge in [-0.3, -0.25) is 24.1 Å². The quantitative estimate of drug-likeness (QED) is 0.359. The molecule has 2 N–H and O–H groups in total. The van der Waals surface area contributed by atoms with E-state index in [2.05, 4.69) is 10.6 Å². The minimum Gasteiger partial charge on any atom is -0.354 e. The highest BCUT2D eigenvalue weighted by molar-refractivity contribution is 6.08. The molecule has 2 fully saturated rings. The topological polar surface area (TPSA) is 95.6 Å². The first kappa shape index (κ1) is 22.5. The van der Waals surface area contributed by atoms with Crippen molar-refractivity contribution in [1.82, 2.24) is 15.5 Å².